The number of anilines is 1. The van der Waals surface area contributed by atoms with Gasteiger partial charge in [0.2, 0.25) is 5.91 Å². The Morgan fingerprint density at radius 1 is 1.40 bits per heavy atom. The summed E-state index contributed by atoms with van der Waals surface area (Å²) in [6.45, 7) is 6.35. The predicted molar refractivity (Wildman–Crippen MR) is 97.4 cm³/mol. The molecule has 2 aromatic heterocycles. The fourth-order valence-corrected chi connectivity index (χ4v) is 3.96. The first kappa shape index (κ1) is 16.4. The Labute approximate surface area is 151 Å². The second-order valence-electron chi connectivity index (χ2n) is 7.12. The van der Waals surface area contributed by atoms with Gasteiger partial charge < -0.3 is 10.2 Å². The maximum atomic E-state index is 12.3. The van der Waals surface area contributed by atoms with E-state index >= 15 is 0 Å². The number of fused-ring (bicyclic) bond motifs is 1. The molecule has 0 spiro atoms. The number of rotatable bonds is 5. The molecule has 0 radical (unpaired) electrons. The van der Waals surface area contributed by atoms with Crippen molar-refractivity contribution in [3.05, 3.63) is 33.7 Å². The second-order valence-corrected chi connectivity index (χ2v) is 8.01. The van der Waals surface area contributed by atoms with Crippen LogP contribution in [0.2, 0.25) is 0 Å². The summed E-state index contributed by atoms with van der Waals surface area (Å²) in [6, 6.07) is 0. The first-order chi connectivity index (χ1) is 12.1. The van der Waals surface area contributed by atoms with E-state index in [0.717, 1.165) is 53.6 Å². The summed E-state index contributed by atoms with van der Waals surface area (Å²) in [5, 5.41) is 6.68. The lowest BCUT2D eigenvalue weighted by molar-refractivity contribution is -0.133. The van der Waals surface area contributed by atoms with Gasteiger partial charge in [-0.25, -0.2) is 15.0 Å². The molecule has 0 bridgehead atoms. The van der Waals surface area contributed by atoms with Crippen LogP contribution >= 0.6 is 11.3 Å². The van der Waals surface area contributed by atoms with Gasteiger partial charge in [0.1, 0.15) is 12.1 Å². The average molecular weight is 357 g/mol. The van der Waals surface area contributed by atoms with Gasteiger partial charge in [0.25, 0.3) is 0 Å². The lowest BCUT2D eigenvalue weighted by atomic mass is 10.0. The highest BCUT2D eigenvalue weighted by Crippen LogP contribution is 2.33. The molecule has 0 aromatic carbocycles. The van der Waals surface area contributed by atoms with Gasteiger partial charge in [-0.2, -0.15) is 0 Å². The van der Waals surface area contributed by atoms with Crippen LogP contribution in [0.5, 0.6) is 0 Å². The van der Waals surface area contributed by atoms with E-state index in [1.807, 2.05) is 4.90 Å². The fraction of sp³-hybridized carbons (Fsp3) is 0.556. The molecule has 0 saturated heterocycles. The Morgan fingerprint density at radius 3 is 2.96 bits per heavy atom. The number of thiazole rings is 1. The Hall–Kier alpha value is -2.02. The minimum absolute atomic E-state index is 0.265. The molecule has 2 aliphatic rings. The lowest BCUT2D eigenvalue weighted by Crippen LogP contribution is -2.37. The summed E-state index contributed by atoms with van der Waals surface area (Å²) in [7, 11) is 0. The van der Waals surface area contributed by atoms with Crippen molar-refractivity contribution in [2.75, 3.05) is 11.9 Å². The molecule has 1 aliphatic carbocycles. The third kappa shape index (κ3) is 3.51. The average Bonchev–Trinajstić information content (AvgIpc) is 3.36. The van der Waals surface area contributed by atoms with Gasteiger partial charge in [-0.3, -0.25) is 4.79 Å². The molecule has 2 aromatic rings. The largest absolute Gasteiger partial charge is 0.364 e. The molecule has 0 atom stereocenters. The van der Waals surface area contributed by atoms with E-state index in [0.29, 0.717) is 24.9 Å². The van der Waals surface area contributed by atoms with Gasteiger partial charge in [0, 0.05) is 29.3 Å². The van der Waals surface area contributed by atoms with E-state index in [1.165, 1.54) is 0 Å². The van der Waals surface area contributed by atoms with Crippen LogP contribution in [0.1, 0.15) is 54.6 Å². The molecule has 1 aliphatic heterocycles. The maximum Gasteiger partial charge on any atom is 0.226 e. The highest BCUT2D eigenvalue weighted by Gasteiger charge is 2.35. The van der Waals surface area contributed by atoms with Gasteiger partial charge in [-0.05, 0) is 19.3 Å². The van der Waals surface area contributed by atoms with Crippen molar-refractivity contribution >= 4 is 23.1 Å². The van der Waals surface area contributed by atoms with Crippen LogP contribution in [0.15, 0.2) is 11.7 Å². The minimum atomic E-state index is 0.265. The molecule has 1 fully saturated rings. The Kier molecular flexibility index (Phi) is 4.41. The molecule has 25 heavy (non-hydrogen) atoms. The van der Waals surface area contributed by atoms with Crippen molar-refractivity contribution < 1.29 is 4.79 Å². The molecule has 6 nitrogen and oxygen atoms in total. The molecular weight excluding hydrogens is 334 g/mol. The summed E-state index contributed by atoms with van der Waals surface area (Å²) in [5.41, 5.74) is 3.16. The Bertz CT molecular complexity index is 784. The van der Waals surface area contributed by atoms with Gasteiger partial charge >= 0.3 is 0 Å². The molecule has 1 amide bonds. The van der Waals surface area contributed by atoms with Crippen LogP contribution in [-0.4, -0.2) is 32.3 Å². The van der Waals surface area contributed by atoms with Crippen LogP contribution < -0.4 is 5.32 Å². The Balaban J connectivity index is 1.44. The van der Waals surface area contributed by atoms with Crippen molar-refractivity contribution in [1.29, 1.82) is 0 Å². The van der Waals surface area contributed by atoms with E-state index < -0.39 is 0 Å². The van der Waals surface area contributed by atoms with Crippen LogP contribution in [0.3, 0.4) is 0 Å². The minimum Gasteiger partial charge on any atom is -0.364 e. The fourth-order valence-electron chi connectivity index (χ4n) is 3.13. The molecule has 7 heteroatoms. The molecule has 132 valence electrons. The SMILES string of the molecule is CC(C)c1nc(CNc2ncnc3c2CCN(C(=O)C2CC2)C3)cs1. The highest BCUT2D eigenvalue weighted by molar-refractivity contribution is 7.09. The number of carbonyl (C=O) groups excluding carboxylic acids is 1. The van der Waals surface area contributed by atoms with Crippen LogP contribution in [0.25, 0.3) is 0 Å². The quantitative estimate of drug-likeness (QED) is 0.891. The summed E-state index contributed by atoms with van der Waals surface area (Å²) < 4.78 is 0. The van der Waals surface area contributed by atoms with Crippen molar-refractivity contribution in [2.24, 2.45) is 5.92 Å². The van der Waals surface area contributed by atoms with Crippen molar-refractivity contribution in [1.82, 2.24) is 19.9 Å². The zero-order valence-corrected chi connectivity index (χ0v) is 15.5. The molecule has 3 heterocycles. The van der Waals surface area contributed by atoms with E-state index in [-0.39, 0.29) is 5.92 Å². The van der Waals surface area contributed by atoms with E-state index in [2.05, 4.69) is 39.5 Å². The van der Waals surface area contributed by atoms with Crippen molar-refractivity contribution in [3.8, 4) is 0 Å². The van der Waals surface area contributed by atoms with Crippen LogP contribution in [0.4, 0.5) is 5.82 Å². The number of hydrogen-bond donors (Lipinski definition) is 1. The first-order valence-electron chi connectivity index (χ1n) is 8.91. The van der Waals surface area contributed by atoms with Gasteiger partial charge in [0.05, 0.1) is 29.5 Å². The monoisotopic (exact) mass is 357 g/mol. The Morgan fingerprint density at radius 2 is 2.24 bits per heavy atom. The molecule has 4 rings (SSSR count). The topological polar surface area (TPSA) is 71.0 Å². The summed E-state index contributed by atoms with van der Waals surface area (Å²) in [6.07, 6.45) is 4.49. The standard InChI is InChI=1S/C18H23N5OS/c1-11(2)17-22-13(9-25-17)7-19-16-14-5-6-23(18(24)12-3-4-12)8-15(14)20-10-21-16/h9-12H,3-8H2,1-2H3,(H,19,20,21). The number of nitrogens with one attached hydrogen (secondary N) is 1. The number of nitrogens with zero attached hydrogens (tertiary/aromatic N) is 4. The van der Waals surface area contributed by atoms with E-state index in [1.54, 1.807) is 17.7 Å². The smallest absolute Gasteiger partial charge is 0.226 e. The van der Waals surface area contributed by atoms with Gasteiger partial charge in [-0.15, -0.1) is 11.3 Å². The first-order valence-corrected chi connectivity index (χ1v) is 9.79. The zero-order chi connectivity index (χ0) is 17.4. The van der Waals surface area contributed by atoms with E-state index in [9.17, 15) is 4.79 Å². The second kappa shape index (κ2) is 6.71. The third-order valence-corrected chi connectivity index (χ3v) is 5.94. The molecule has 1 saturated carbocycles. The van der Waals surface area contributed by atoms with E-state index in [4.69, 9.17) is 0 Å². The molecule has 1 N–H and O–H groups in total. The number of carbonyl (C=O) groups is 1. The van der Waals surface area contributed by atoms with Crippen LogP contribution in [-0.2, 0) is 24.3 Å². The predicted octanol–water partition coefficient (Wildman–Crippen LogP) is 2.96. The lowest BCUT2D eigenvalue weighted by Gasteiger charge is -2.29. The number of hydrogen-bond acceptors (Lipinski definition) is 6. The number of aromatic nitrogens is 3. The third-order valence-electron chi connectivity index (χ3n) is 4.75. The van der Waals surface area contributed by atoms with Gasteiger partial charge in [-0.1, -0.05) is 13.8 Å². The zero-order valence-electron chi connectivity index (χ0n) is 14.7. The highest BCUT2D eigenvalue weighted by atomic mass is 32.1. The van der Waals surface area contributed by atoms with Crippen molar-refractivity contribution in [2.45, 2.75) is 52.1 Å². The van der Waals surface area contributed by atoms with Gasteiger partial charge in [0.15, 0.2) is 0 Å². The number of amides is 1. The van der Waals surface area contributed by atoms with Crippen molar-refractivity contribution in [3.63, 3.8) is 0 Å². The molecule has 0 unspecified atom stereocenters. The molecular formula is C18H23N5OS. The summed E-state index contributed by atoms with van der Waals surface area (Å²) in [5.74, 6) is 1.89. The van der Waals surface area contributed by atoms with Crippen LogP contribution in [0, 0.1) is 5.92 Å². The summed E-state index contributed by atoms with van der Waals surface area (Å²) in [4.78, 5) is 27.7. The maximum absolute atomic E-state index is 12.3. The normalized spacial score (nSPS) is 16.8. The summed E-state index contributed by atoms with van der Waals surface area (Å²) >= 11 is 1.71.